The molecule has 3 rings (SSSR count). The van der Waals surface area contributed by atoms with Crippen LogP contribution in [-0.4, -0.2) is 35.0 Å². The molecule has 1 aromatic carbocycles. The van der Waals surface area contributed by atoms with Crippen LogP contribution in [-0.2, 0) is 0 Å². The normalized spacial score (nSPS) is 11.9. The maximum atomic E-state index is 13.5. The molecule has 0 radical (unpaired) electrons. The lowest BCUT2D eigenvalue weighted by molar-refractivity contribution is 0.212. The number of amides is 2. The Balaban J connectivity index is 2.12. The van der Waals surface area contributed by atoms with E-state index in [1.54, 1.807) is 51.0 Å². The fourth-order valence-electron chi connectivity index (χ4n) is 2.99. The van der Waals surface area contributed by atoms with Crippen molar-refractivity contribution in [2.24, 2.45) is 0 Å². The molecule has 0 aliphatic carbocycles. The molecule has 0 fully saturated rings. The lowest BCUT2D eigenvalue weighted by Gasteiger charge is -2.30. The van der Waals surface area contributed by atoms with Gasteiger partial charge in [-0.05, 0) is 41.0 Å². The van der Waals surface area contributed by atoms with E-state index in [0.717, 1.165) is 16.7 Å². The molecule has 2 heterocycles. The van der Waals surface area contributed by atoms with E-state index in [1.807, 2.05) is 24.3 Å². The van der Waals surface area contributed by atoms with Crippen LogP contribution < -0.4 is 5.32 Å². The highest BCUT2D eigenvalue weighted by atomic mass is 19.1. The minimum atomic E-state index is -0.422. The molecule has 1 unspecified atom stereocenters. The molecule has 2 aromatic heterocycles. The van der Waals surface area contributed by atoms with Crippen molar-refractivity contribution in [1.82, 2.24) is 20.2 Å². The van der Waals surface area contributed by atoms with Crippen molar-refractivity contribution in [3.8, 4) is 0 Å². The summed E-state index contributed by atoms with van der Waals surface area (Å²) in [6.45, 7) is 0. The first-order valence-corrected chi connectivity index (χ1v) is 8.59. The van der Waals surface area contributed by atoms with Crippen LogP contribution in [0.4, 0.5) is 9.18 Å². The summed E-state index contributed by atoms with van der Waals surface area (Å²) in [7, 11) is 3.36. The standard InChI is InChI=1S/C21H21FN4O/c1-26(2)21(27)25-20(15-7-9-18(22)10-8-15)19(16-5-3-11-23-13-16)17-6-4-12-24-14-17/h3-14,19-20H,1-2H3,(H,25,27). The van der Waals surface area contributed by atoms with Crippen molar-refractivity contribution in [1.29, 1.82) is 0 Å². The summed E-state index contributed by atoms with van der Waals surface area (Å²) >= 11 is 0. The van der Waals surface area contributed by atoms with Gasteiger partial charge in [-0.15, -0.1) is 0 Å². The molecule has 0 saturated carbocycles. The van der Waals surface area contributed by atoms with Crippen molar-refractivity contribution < 1.29 is 9.18 Å². The summed E-state index contributed by atoms with van der Waals surface area (Å²) in [6.07, 6.45) is 6.95. The van der Waals surface area contributed by atoms with E-state index in [-0.39, 0.29) is 17.8 Å². The number of nitrogens with one attached hydrogen (secondary N) is 1. The average molecular weight is 364 g/mol. The van der Waals surface area contributed by atoms with E-state index in [9.17, 15) is 9.18 Å². The number of aromatic nitrogens is 2. The second-order valence-electron chi connectivity index (χ2n) is 6.42. The second-order valence-corrected chi connectivity index (χ2v) is 6.42. The highest BCUT2D eigenvalue weighted by Gasteiger charge is 2.29. The van der Waals surface area contributed by atoms with Gasteiger partial charge < -0.3 is 10.2 Å². The molecular formula is C21H21FN4O. The number of rotatable bonds is 5. The van der Waals surface area contributed by atoms with Crippen molar-refractivity contribution in [3.05, 3.63) is 95.8 Å². The first-order chi connectivity index (χ1) is 13.1. The Bertz CT molecular complexity index is 830. The third-order valence-electron chi connectivity index (χ3n) is 4.33. The van der Waals surface area contributed by atoms with Crippen LogP contribution in [0.25, 0.3) is 0 Å². The summed E-state index contributed by atoms with van der Waals surface area (Å²) in [6, 6.07) is 13.2. The lowest BCUT2D eigenvalue weighted by atomic mass is 9.83. The molecule has 5 nitrogen and oxygen atoms in total. The topological polar surface area (TPSA) is 58.1 Å². The number of halogens is 1. The van der Waals surface area contributed by atoms with Crippen LogP contribution in [0.5, 0.6) is 0 Å². The number of nitrogens with zero attached hydrogens (tertiary/aromatic N) is 3. The number of benzene rings is 1. The van der Waals surface area contributed by atoms with Crippen LogP contribution in [0, 0.1) is 5.82 Å². The summed E-state index contributed by atoms with van der Waals surface area (Å²) in [5, 5.41) is 3.06. The molecule has 2 amide bonds. The minimum Gasteiger partial charge on any atom is -0.331 e. The van der Waals surface area contributed by atoms with Crippen LogP contribution in [0.15, 0.2) is 73.3 Å². The SMILES string of the molecule is CN(C)C(=O)NC(c1ccc(F)cc1)C(c1cccnc1)c1cccnc1. The minimum absolute atomic E-state index is 0.234. The number of hydrogen-bond acceptors (Lipinski definition) is 3. The first kappa shape index (κ1) is 18.5. The fraction of sp³-hybridized carbons (Fsp3) is 0.190. The zero-order valence-corrected chi connectivity index (χ0v) is 15.2. The van der Waals surface area contributed by atoms with Gasteiger partial charge in [-0.2, -0.15) is 0 Å². The summed E-state index contributed by atoms with van der Waals surface area (Å²) in [5.74, 6) is -0.558. The van der Waals surface area contributed by atoms with Crippen LogP contribution in [0.2, 0.25) is 0 Å². The smallest absolute Gasteiger partial charge is 0.317 e. The molecule has 6 heteroatoms. The number of carbonyl (C=O) groups is 1. The molecular weight excluding hydrogens is 343 g/mol. The van der Waals surface area contributed by atoms with Gasteiger partial charge in [0.2, 0.25) is 0 Å². The Hall–Kier alpha value is -3.28. The molecule has 0 aliphatic rings. The van der Waals surface area contributed by atoms with Crippen LogP contribution in [0.3, 0.4) is 0 Å². The van der Waals surface area contributed by atoms with Gasteiger partial charge in [0.25, 0.3) is 0 Å². The van der Waals surface area contributed by atoms with E-state index >= 15 is 0 Å². The van der Waals surface area contributed by atoms with Gasteiger partial charge in [0.1, 0.15) is 5.82 Å². The van der Waals surface area contributed by atoms with E-state index < -0.39 is 6.04 Å². The highest BCUT2D eigenvalue weighted by molar-refractivity contribution is 5.74. The fourth-order valence-corrected chi connectivity index (χ4v) is 2.99. The zero-order valence-electron chi connectivity index (χ0n) is 15.2. The molecule has 0 spiro atoms. The maximum Gasteiger partial charge on any atom is 0.317 e. The van der Waals surface area contributed by atoms with E-state index in [2.05, 4.69) is 15.3 Å². The van der Waals surface area contributed by atoms with E-state index in [1.165, 1.54) is 17.0 Å². The van der Waals surface area contributed by atoms with Gasteiger partial charge in [-0.3, -0.25) is 9.97 Å². The monoisotopic (exact) mass is 364 g/mol. The molecule has 138 valence electrons. The highest BCUT2D eigenvalue weighted by Crippen LogP contribution is 2.36. The van der Waals surface area contributed by atoms with Gasteiger partial charge in [0.15, 0.2) is 0 Å². The van der Waals surface area contributed by atoms with Crippen molar-refractivity contribution in [3.63, 3.8) is 0 Å². The number of hydrogen-bond donors (Lipinski definition) is 1. The Morgan fingerprint density at radius 2 is 1.48 bits per heavy atom. The predicted octanol–water partition coefficient (Wildman–Crippen LogP) is 3.76. The van der Waals surface area contributed by atoms with E-state index in [0.29, 0.717) is 0 Å². The molecule has 0 aliphatic heterocycles. The molecule has 0 saturated heterocycles. The van der Waals surface area contributed by atoms with Crippen molar-refractivity contribution >= 4 is 6.03 Å². The molecule has 1 atom stereocenters. The largest absolute Gasteiger partial charge is 0.331 e. The lowest BCUT2D eigenvalue weighted by Crippen LogP contribution is -2.39. The third kappa shape index (κ3) is 4.47. The van der Waals surface area contributed by atoms with Gasteiger partial charge in [0.05, 0.1) is 6.04 Å². The third-order valence-corrected chi connectivity index (χ3v) is 4.33. The average Bonchev–Trinajstić information content (AvgIpc) is 2.69. The van der Waals surface area contributed by atoms with Gasteiger partial charge in [-0.25, -0.2) is 9.18 Å². The Morgan fingerprint density at radius 3 is 1.93 bits per heavy atom. The predicted molar refractivity (Wildman–Crippen MR) is 102 cm³/mol. The molecule has 3 aromatic rings. The summed E-state index contributed by atoms with van der Waals surface area (Å²) in [5.41, 5.74) is 2.65. The van der Waals surface area contributed by atoms with Gasteiger partial charge in [-0.1, -0.05) is 24.3 Å². The maximum absolute atomic E-state index is 13.5. The van der Waals surface area contributed by atoms with Crippen molar-refractivity contribution in [2.75, 3.05) is 14.1 Å². The zero-order chi connectivity index (χ0) is 19.2. The summed E-state index contributed by atoms with van der Waals surface area (Å²) in [4.78, 5) is 22.4. The Morgan fingerprint density at radius 1 is 0.926 bits per heavy atom. The summed E-state index contributed by atoms with van der Waals surface area (Å²) < 4.78 is 13.5. The Kier molecular flexibility index (Phi) is 5.76. The number of urea groups is 1. The molecule has 0 bridgehead atoms. The second kappa shape index (κ2) is 8.40. The van der Waals surface area contributed by atoms with Gasteiger partial charge >= 0.3 is 6.03 Å². The van der Waals surface area contributed by atoms with Gasteiger partial charge in [0, 0.05) is 44.8 Å². The van der Waals surface area contributed by atoms with Crippen molar-refractivity contribution in [2.45, 2.75) is 12.0 Å². The van der Waals surface area contributed by atoms with Crippen LogP contribution in [0.1, 0.15) is 28.7 Å². The molecule has 27 heavy (non-hydrogen) atoms. The molecule has 1 N–H and O–H groups in total. The number of carbonyl (C=O) groups excluding carboxylic acids is 1. The van der Waals surface area contributed by atoms with Crippen LogP contribution >= 0.6 is 0 Å². The Labute approximate surface area is 157 Å². The number of pyridine rings is 2. The quantitative estimate of drug-likeness (QED) is 0.750. The van der Waals surface area contributed by atoms with E-state index in [4.69, 9.17) is 0 Å². The first-order valence-electron chi connectivity index (χ1n) is 8.59.